The van der Waals surface area contributed by atoms with Gasteiger partial charge in [0.1, 0.15) is 0 Å². The van der Waals surface area contributed by atoms with Crippen LogP contribution < -0.4 is 16.4 Å². The highest BCUT2D eigenvalue weighted by Gasteiger charge is 2.30. The summed E-state index contributed by atoms with van der Waals surface area (Å²) >= 11 is 0. The number of amides is 1. The standard InChI is InChI=1S/C13H25N3O2/c1-13(5-2-6-18-13)9-15-11(8-14)7-12(17)16-10-3-4-10/h10-11,15H,2-9,14H2,1H3,(H,16,17). The Morgan fingerprint density at radius 2 is 2.33 bits per heavy atom. The Morgan fingerprint density at radius 1 is 1.56 bits per heavy atom. The minimum atomic E-state index is -0.0829. The van der Waals surface area contributed by atoms with Crippen molar-refractivity contribution >= 4 is 5.91 Å². The lowest BCUT2D eigenvalue weighted by atomic mass is 10.0. The third kappa shape index (κ3) is 4.23. The van der Waals surface area contributed by atoms with Gasteiger partial charge in [-0.15, -0.1) is 0 Å². The monoisotopic (exact) mass is 255 g/mol. The molecule has 4 N–H and O–H groups in total. The Bertz CT molecular complexity index is 286. The molecule has 2 fully saturated rings. The van der Waals surface area contributed by atoms with E-state index in [1.165, 1.54) is 0 Å². The summed E-state index contributed by atoms with van der Waals surface area (Å²) in [6, 6.07) is 0.469. The third-order valence-electron chi connectivity index (χ3n) is 3.72. The molecular formula is C13H25N3O2. The van der Waals surface area contributed by atoms with E-state index in [9.17, 15) is 4.79 Å². The van der Waals surface area contributed by atoms with E-state index in [0.717, 1.165) is 38.8 Å². The predicted molar refractivity (Wildman–Crippen MR) is 70.2 cm³/mol. The number of nitrogens with two attached hydrogens (primary N) is 1. The number of rotatable bonds is 7. The lowest BCUT2D eigenvalue weighted by Crippen LogP contribution is -2.47. The lowest BCUT2D eigenvalue weighted by molar-refractivity contribution is -0.121. The van der Waals surface area contributed by atoms with Gasteiger partial charge in [-0.3, -0.25) is 4.79 Å². The molecular weight excluding hydrogens is 230 g/mol. The molecule has 0 aromatic heterocycles. The van der Waals surface area contributed by atoms with Gasteiger partial charge in [-0.25, -0.2) is 0 Å². The second-order valence-electron chi connectivity index (χ2n) is 5.76. The fourth-order valence-corrected chi connectivity index (χ4v) is 2.31. The minimum Gasteiger partial charge on any atom is -0.374 e. The normalized spacial score (nSPS) is 29.2. The summed E-state index contributed by atoms with van der Waals surface area (Å²) in [7, 11) is 0. The number of hydrogen-bond donors (Lipinski definition) is 3. The van der Waals surface area contributed by atoms with E-state index < -0.39 is 0 Å². The van der Waals surface area contributed by atoms with Crippen molar-refractivity contribution in [3.05, 3.63) is 0 Å². The van der Waals surface area contributed by atoms with Gasteiger partial charge >= 0.3 is 0 Å². The van der Waals surface area contributed by atoms with Crippen LogP contribution in [0.15, 0.2) is 0 Å². The van der Waals surface area contributed by atoms with Gasteiger partial charge in [-0.1, -0.05) is 0 Å². The topological polar surface area (TPSA) is 76.4 Å². The Morgan fingerprint density at radius 3 is 2.89 bits per heavy atom. The molecule has 2 aliphatic rings. The van der Waals surface area contributed by atoms with Gasteiger partial charge in [-0.2, -0.15) is 0 Å². The maximum atomic E-state index is 11.7. The Labute approximate surface area is 109 Å². The van der Waals surface area contributed by atoms with Crippen molar-refractivity contribution in [2.45, 2.75) is 56.7 Å². The van der Waals surface area contributed by atoms with Crippen LogP contribution in [0.1, 0.15) is 39.0 Å². The van der Waals surface area contributed by atoms with Crippen molar-refractivity contribution in [1.29, 1.82) is 0 Å². The van der Waals surface area contributed by atoms with E-state index in [2.05, 4.69) is 17.6 Å². The van der Waals surface area contributed by atoms with Crippen LogP contribution in [-0.4, -0.2) is 43.3 Å². The number of carbonyl (C=O) groups excluding carboxylic acids is 1. The first-order valence-corrected chi connectivity index (χ1v) is 6.98. The first kappa shape index (κ1) is 13.8. The van der Waals surface area contributed by atoms with E-state index in [1.807, 2.05) is 0 Å². The molecule has 5 heteroatoms. The maximum Gasteiger partial charge on any atom is 0.221 e. The van der Waals surface area contributed by atoms with Crippen LogP contribution in [-0.2, 0) is 9.53 Å². The van der Waals surface area contributed by atoms with Crippen molar-refractivity contribution in [2.75, 3.05) is 19.7 Å². The molecule has 0 radical (unpaired) electrons. The molecule has 1 saturated heterocycles. The van der Waals surface area contributed by atoms with Crippen molar-refractivity contribution in [2.24, 2.45) is 5.73 Å². The van der Waals surface area contributed by atoms with Gasteiger partial charge in [0, 0.05) is 38.2 Å². The van der Waals surface area contributed by atoms with Gasteiger partial charge in [0.05, 0.1) is 5.60 Å². The van der Waals surface area contributed by atoms with Crippen LogP contribution in [0.25, 0.3) is 0 Å². The summed E-state index contributed by atoms with van der Waals surface area (Å²) in [5.41, 5.74) is 5.63. The van der Waals surface area contributed by atoms with E-state index in [-0.39, 0.29) is 17.6 Å². The SMILES string of the molecule is CC1(CNC(CN)CC(=O)NC2CC2)CCCO1. The summed E-state index contributed by atoms with van der Waals surface area (Å²) in [6.45, 7) is 4.21. The second-order valence-corrected chi connectivity index (χ2v) is 5.76. The Hall–Kier alpha value is -0.650. The summed E-state index contributed by atoms with van der Waals surface area (Å²) in [6.07, 6.45) is 4.90. The van der Waals surface area contributed by atoms with Gasteiger partial charge in [0.15, 0.2) is 0 Å². The first-order valence-electron chi connectivity index (χ1n) is 6.98. The molecule has 0 bridgehead atoms. The molecule has 5 nitrogen and oxygen atoms in total. The molecule has 0 aromatic carbocycles. The van der Waals surface area contributed by atoms with Gasteiger partial charge < -0.3 is 21.1 Å². The molecule has 2 rings (SSSR count). The minimum absolute atomic E-state index is 0.0461. The Balaban J connectivity index is 1.68. The molecule has 0 spiro atoms. The molecule has 1 heterocycles. The molecule has 104 valence electrons. The first-order chi connectivity index (χ1) is 8.61. The molecule has 2 atom stereocenters. The fraction of sp³-hybridized carbons (Fsp3) is 0.923. The summed E-state index contributed by atoms with van der Waals surface area (Å²) in [4.78, 5) is 11.7. The number of carbonyl (C=O) groups is 1. The summed E-state index contributed by atoms with van der Waals surface area (Å²) in [5.74, 6) is 0.109. The van der Waals surface area contributed by atoms with Crippen LogP contribution in [0.5, 0.6) is 0 Å². The smallest absolute Gasteiger partial charge is 0.221 e. The Kier molecular flexibility index (Phi) is 4.59. The van der Waals surface area contributed by atoms with E-state index >= 15 is 0 Å². The molecule has 2 unspecified atom stereocenters. The zero-order valence-corrected chi connectivity index (χ0v) is 11.2. The highest BCUT2D eigenvalue weighted by atomic mass is 16.5. The molecule has 1 aliphatic heterocycles. The highest BCUT2D eigenvalue weighted by molar-refractivity contribution is 5.77. The van der Waals surface area contributed by atoms with Crippen molar-refractivity contribution in [3.63, 3.8) is 0 Å². The lowest BCUT2D eigenvalue weighted by Gasteiger charge is -2.26. The van der Waals surface area contributed by atoms with Crippen LogP contribution in [0.3, 0.4) is 0 Å². The summed E-state index contributed by atoms with van der Waals surface area (Å²) in [5, 5.41) is 6.36. The number of hydrogen-bond acceptors (Lipinski definition) is 4. The molecule has 1 amide bonds. The van der Waals surface area contributed by atoms with Gasteiger partial charge in [-0.05, 0) is 32.6 Å². The largest absolute Gasteiger partial charge is 0.374 e. The molecule has 1 saturated carbocycles. The molecule has 1 aliphatic carbocycles. The van der Waals surface area contributed by atoms with Crippen LogP contribution in [0, 0.1) is 0 Å². The fourth-order valence-electron chi connectivity index (χ4n) is 2.31. The van der Waals surface area contributed by atoms with E-state index in [1.54, 1.807) is 0 Å². The van der Waals surface area contributed by atoms with Crippen LogP contribution >= 0.6 is 0 Å². The van der Waals surface area contributed by atoms with Crippen molar-refractivity contribution in [1.82, 2.24) is 10.6 Å². The summed E-state index contributed by atoms with van der Waals surface area (Å²) < 4.78 is 5.71. The molecule has 18 heavy (non-hydrogen) atoms. The second kappa shape index (κ2) is 5.99. The quantitative estimate of drug-likeness (QED) is 0.605. The number of nitrogens with one attached hydrogen (secondary N) is 2. The van der Waals surface area contributed by atoms with Crippen LogP contribution in [0.2, 0.25) is 0 Å². The predicted octanol–water partition coefficient (Wildman–Crippen LogP) is 0.141. The maximum absolute atomic E-state index is 11.7. The van der Waals surface area contributed by atoms with Gasteiger partial charge in [0.25, 0.3) is 0 Å². The highest BCUT2D eigenvalue weighted by Crippen LogP contribution is 2.24. The average molecular weight is 255 g/mol. The molecule has 0 aromatic rings. The van der Waals surface area contributed by atoms with E-state index in [4.69, 9.17) is 10.5 Å². The third-order valence-corrected chi connectivity index (χ3v) is 3.72. The zero-order chi connectivity index (χ0) is 13.0. The van der Waals surface area contributed by atoms with Crippen molar-refractivity contribution in [3.8, 4) is 0 Å². The van der Waals surface area contributed by atoms with Crippen LogP contribution in [0.4, 0.5) is 0 Å². The van der Waals surface area contributed by atoms with Crippen molar-refractivity contribution < 1.29 is 9.53 Å². The zero-order valence-electron chi connectivity index (χ0n) is 11.2. The van der Waals surface area contributed by atoms with E-state index in [0.29, 0.717) is 19.0 Å². The number of ether oxygens (including phenoxy) is 1. The van der Waals surface area contributed by atoms with Gasteiger partial charge in [0.2, 0.25) is 5.91 Å². The average Bonchev–Trinajstić information content (AvgIpc) is 3.04.